The topological polar surface area (TPSA) is 40.5 Å². The molecule has 0 spiro atoms. The molecule has 0 unspecified atom stereocenters. The van der Waals surface area contributed by atoms with Gasteiger partial charge in [-0.25, -0.2) is 0 Å². The monoisotopic (exact) mass is 269 g/mol. The third kappa shape index (κ3) is 5.52. The SMILES string of the molecule is CCN(CCCl)Cc1ccc(CCC(=O)O)cc1. The Morgan fingerprint density at radius 1 is 1.28 bits per heavy atom. The minimum absolute atomic E-state index is 0.187. The van der Waals surface area contributed by atoms with E-state index in [-0.39, 0.29) is 6.42 Å². The van der Waals surface area contributed by atoms with Gasteiger partial charge in [-0.3, -0.25) is 9.69 Å². The van der Waals surface area contributed by atoms with Gasteiger partial charge in [0.2, 0.25) is 0 Å². The van der Waals surface area contributed by atoms with Crippen LogP contribution in [0.3, 0.4) is 0 Å². The van der Waals surface area contributed by atoms with Gasteiger partial charge in [0, 0.05) is 25.4 Å². The summed E-state index contributed by atoms with van der Waals surface area (Å²) in [6.07, 6.45) is 0.779. The summed E-state index contributed by atoms with van der Waals surface area (Å²) in [5.41, 5.74) is 2.31. The summed E-state index contributed by atoms with van der Waals surface area (Å²) in [5.74, 6) is -0.108. The number of hydrogen-bond donors (Lipinski definition) is 1. The Kier molecular flexibility index (Phi) is 6.76. The lowest BCUT2D eigenvalue weighted by Gasteiger charge is -2.19. The van der Waals surface area contributed by atoms with Gasteiger partial charge in [0.25, 0.3) is 0 Å². The standard InChI is InChI=1S/C14H20ClNO2/c1-2-16(10-9-15)11-13-5-3-12(4-6-13)7-8-14(17)18/h3-6H,2,7-11H2,1H3,(H,17,18). The van der Waals surface area contributed by atoms with Gasteiger partial charge in [-0.1, -0.05) is 31.2 Å². The van der Waals surface area contributed by atoms with Crippen LogP contribution in [0.25, 0.3) is 0 Å². The van der Waals surface area contributed by atoms with E-state index in [9.17, 15) is 4.79 Å². The average molecular weight is 270 g/mol. The van der Waals surface area contributed by atoms with Crippen LogP contribution in [-0.4, -0.2) is 34.9 Å². The molecule has 0 fully saturated rings. The highest BCUT2D eigenvalue weighted by Gasteiger charge is 2.03. The van der Waals surface area contributed by atoms with E-state index in [1.54, 1.807) is 0 Å². The lowest BCUT2D eigenvalue weighted by atomic mass is 10.1. The number of alkyl halides is 1. The van der Waals surface area contributed by atoms with E-state index in [1.165, 1.54) is 5.56 Å². The van der Waals surface area contributed by atoms with E-state index in [4.69, 9.17) is 16.7 Å². The summed E-state index contributed by atoms with van der Waals surface area (Å²) >= 11 is 5.74. The number of carboxylic acid groups (broad SMARTS) is 1. The van der Waals surface area contributed by atoms with E-state index in [0.29, 0.717) is 12.3 Å². The van der Waals surface area contributed by atoms with Crippen LogP contribution in [0, 0.1) is 0 Å². The Morgan fingerprint density at radius 3 is 2.39 bits per heavy atom. The van der Waals surface area contributed by atoms with Crippen molar-refractivity contribution in [2.45, 2.75) is 26.3 Å². The molecule has 0 saturated heterocycles. The van der Waals surface area contributed by atoms with Crippen molar-refractivity contribution in [3.63, 3.8) is 0 Å². The number of aryl methyl sites for hydroxylation is 1. The van der Waals surface area contributed by atoms with E-state index in [0.717, 1.165) is 25.2 Å². The molecule has 1 aromatic carbocycles. The fraction of sp³-hybridized carbons (Fsp3) is 0.500. The molecule has 4 heteroatoms. The summed E-state index contributed by atoms with van der Waals surface area (Å²) in [4.78, 5) is 12.8. The van der Waals surface area contributed by atoms with Crippen molar-refractivity contribution in [3.05, 3.63) is 35.4 Å². The van der Waals surface area contributed by atoms with Gasteiger partial charge < -0.3 is 5.11 Å². The number of aliphatic carboxylic acids is 1. The molecule has 0 saturated carbocycles. The van der Waals surface area contributed by atoms with Crippen LogP contribution >= 0.6 is 11.6 Å². The summed E-state index contributed by atoms with van der Waals surface area (Å²) < 4.78 is 0. The fourth-order valence-electron chi connectivity index (χ4n) is 1.79. The van der Waals surface area contributed by atoms with Crippen molar-refractivity contribution >= 4 is 17.6 Å². The van der Waals surface area contributed by atoms with Crippen molar-refractivity contribution in [2.24, 2.45) is 0 Å². The molecule has 0 aliphatic rings. The van der Waals surface area contributed by atoms with Crippen LogP contribution in [0.2, 0.25) is 0 Å². The first kappa shape index (κ1) is 15.0. The maximum Gasteiger partial charge on any atom is 0.303 e. The number of carboxylic acids is 1. The minimum Gasteiger partial charge on any atom is -0.481 e. The number of halogens is 1. The molecule has 3 nitrogen and oxygen atoms in total. The van der Waals surface area contributed by atoms with Crippen LogP contribution < -0.4 is 0 Å². The number of hydrogen-bond acceptors (Lipinski definition) is 2. The van der Waals surface area contributed by atoms with Crippen LogP contribution in [-0.2, 0) is 17.8 Å². The predicted molar refractivity (Wildman–Crippen MR) is 74.1 cm³/mol. The molecule has 1 aromatic rings. The zero-order valence-electron chi connectivity index (χ0n) is 10.7. The second-order valence-corrected chi connectivity index (χ2v) is 4.65. The summed E-state index contributed by atoms with van der Waals surface area (Å²) in [7, 11) is 0. The Balaban J connectivity index is 2.51. The van der Waals surface area contributed by atoms with Crippen molar-refractivity contribution in [3.8, 4) is 0 Å². The normalized spacial score (nSPS) is 10.8. The number of carbonyl (C=O) groups is 1. The molecule has 0 heterocycles. The van der Waals surface area contributed by atoms with Crippen molar-refractivity contribution in [1.29, 1.82) is 0 Å². The molecule has 0 aromatic heterocycles. The van der Waals surface area contributed by atoms with E-state index in [1.807, 2.05) is 12.1 Å². The number of nitrogens with zero attached hydrogens (tertiary/aromatic N) is 1. The van der Waals surface area contributed by atoms with Crippen molar-refractivity contribution in [2.75, 3.05) is 19.0 Å². The quantitative estimate of drug-likeness (QED) is 0.738. The molecule has 0 radical (unpaired) electrons. The first-order valence-electron chi connectivity index (χ1n) is 6.23. The van der Waals surface area contributed by atoms with E-state index < -0.39 is 5.97 Å². The van der Waals surface area contributed by atoms with Gasteiger partial charge in [0.05, 0.1) is 0 Å². The highest BCUT2D eigenvalue weighted by Crippen LogP contribution is 2.09. The lowest BCUT2D eigenvalue weighted by molar-refractivity contribution is -0.136. The zero-order valence-corrected chi connectivity index (χ0v) is 11.5. The van der Waals surface area contributed by atoms with Gasteiger partial charge in [0.15, 0.2) is 0 Å². The van der Waals surface area contributed by atoms with Gasteiger partial charge in [-0.2, -0.15) is 0 Å². The predicted octanol–water partition coefficient (Wildman–Crippen LogP) is 2.76. The van der Waals surface area contributed by atoms with E-state index >= 15 is 0 Å². The fourth-order valence-corrected chi connectivity index (χ4v) is 2.03. The summed E-state index contributed by atoms with van der Waals surface area (Å²) in [5, 5.41) is 8.62. The van der Waals surface area contributed by atoms with E-state index in [2.05, 4.69) is 24.0 Å². The van der Waals surface area contributed by atoms with Gasteiger partial charge >= 0.3 is 5.97 Å². The lowest BCUT2D eigenvalue weighted by Crippen LogP contribution is -2.24. The van der Waals surface area contributed by atoms with Crippen LogP contribution in [0.1, 0.15) is 24.5 Å². The third-order valence-electron chi connectivity index (χ3n) is 2.90. The Hall–Kier alpha value is -1.06. The Bertz CT molecular complexity index is 365. The summed E-state index contributed by atoms with van der Waals surface area (Å²) in [6, 6.07) is 8.14. The van der Waals surface area contributed by atoms with Crippen LogP contribution in [0.4, 0.5) is 0 Å². The number of benzene rings is 1. The smallest absolute Gasteiger partial charge is 0.303 e. The maximum absolute atomic E-state index is 10.5. The first-order chi connectivity index (χ1) is 8.65. The average Bonchev–Trinajstić information content (AvgIpc) is 2.37. The second-order valence-electron chi connectivity index (χ2n) is 4.27. The Labute approximate surface area is 113 Å². The molecule has 1 N–H and O–H groups in total. The molecule has 0 bridgehead atoms. The molecule has 0 aliphatic heterocycles. The largest absolute Gasteiger partial charge is 0.481 e. The molecule has 100 valence electrons. The highest BCUT2D eigenvalue weighted by molar-refractivity contribution is 6.18. The maximum atomic E-state index is 10.5. The molecule has 18 heavy (non-hydrogen) atoms. The van der Waals surface area contributed by atoms with Gasteiger partial charge in [-0.05, 0) is 24.1 Å². The van der Waals surface area contributed by atoms with Crippen LogP contribution in [0.15, 0.2) is 24.3 Å². The molecule has 1 rings (SSSR count). The molecular weight excluding hydrogens is 250 g/mol. The summed E-state index contributed by atoms with van der Waals surface area (Å²) in [6.45, 7) is 4.88. The van der Waals surface area contributed by atoms with Gasteiger partial charge in [-0.15, -0.1) is 11.6 Å². The second kappa shape index (κ2) is 8.11. The Morgan fingerprint density at radius 2 is 1.89 bits per heavy atom. The zero-order chi connectivity index (χ0) is 13.4. The molecule has 0 atom stereocenters. The molecule has 0 amide bonds. The highest BCUT2D eigenvalue weighted by atomic mass is 35.5. The van der Waals surface area contributed by atoms with Crippen LogP contribution in [0.5, 0.6) is 0 Å². The van der Waals surface area contributed by atoms with Crippen molar-refractivity contribution < 1.29 is 9.90 Å². The third-order valence-corrected chi connectivity index (χ3v) is 3.07. The first-order valence-corrected chi connectivity index (χ1v) is 6.77. The minimum atomic E-state index is -0.752. The molecular formula is C14H20ClNO2. The van der Waals surface area contributed by atoms with Gasteiger partial charge in [0.1, 0.15) is 0 Å². The molecule has 0 aliphatic carbocycles. The van der Waals surface area contributed by atoms with Crippen molar-refractivity contribution in [1.82, 2.24) is 4.90 Å². The number of rotatable bonds is 8.